The minimum atomic E-state index is -0.499. The number of hydrogen-bond donors (Lipinski definition) is 2. The van der Waals surface area contributed by atoms with E-state index in [-0.39, 0.29) is 24.8 Å². The maximum absolute atomic E-state index is 11.9. The first-order valence-electron chi connectivity index (χ1n) is 7.13. The van der Waals surface area contributed by atoms with Crippen LogP contribution in [0.5, 0.6) is 0 Å². The van der Waals surface area contributed by atoms with Gasteiger partial charge < -0.3 is 20.1 Å². The molecule has 0 fully saturated rings. The number of benzene rings is 1. The lowest BCUT2D eigenvalue weighted by Crippen LogP contribution is -2.31. The Kier molecular flexibility index (Phi) is 5.74. The van der Waals surface area contributed by atoms with Crippen LogP contribution in [0.1, 0.15) is 12.0 Å². The second kappa shape index (κ2) is 7.98. The molecule has 0 aliphatic carbocycles. The van der Waals surface area contributed by atoms with Crippen molar-refractivity contribution in [3.63, 3.8) is 0 Å². The first kappa shape index (κ1) is 16.5. The van der Waals surface area contributed by atoms with Crippen LogP contribution >= 0.6 is 0 Å². The molecule has 1 aromatic carbocycles. The summed E-state index contributed by atoms with van der Waals surface area (Å²) in [6, 6.07) is 6.92. The third-order valence-electron chi connectivity index (χ3n) is 3.24. The summed E-state index contributed by atoms with van der Waals surface area (Å²) in [5.41, 5.74) is 2.02. The number of carbonyl (C=O) groups excluding carboxylic acids is 3. The maximum atomic E-state index is 11.9. The van der Waals surface area contributed by atoms with Gasteiger partial charge in [-0.3, -0.25) is 14.4 Å². The Hall–Kier alpha value is -2.83. The average Bonchev–Trinajstić information content (AvgIpc) is 3.09. The minimum absolute atomic E-state index is 0.143. The van der Waals surface area contributed by atoms with Crippen molar-refractivity contribution in [1.82, 2.24) is 5.32 Å². The summed E-state index contributed by atoms with van der Waals surface area (Å²) >= 11 is 0. The van der Waals surface area contributed by atoms with Crippen molar-refractivity contribution in [3.05, 3.63) is 41.7 Å². The number of carbonyl (C=O) groups is 3. The van der Waals surface area contributed by atoms with E-state index < -0.39 is 5.97 Å². The Morgan fingerprint density at radius 2 is 1.96 bits per heavy atom. The lowest BCUT2D eigenvalue weighted by atomic mass is 10.1. The molecule has 0 aromatic heterocycles. The Labute approximate surface area is 133 Å². The summed E-state index contributed by atoms with van der Waals surface area (Å²) in [6.45, 7) is 0.378. The van der Waals surface area contributed by atoms with Crippen LogP contribution in [0.4, 0.5) is 5.69 Å². The molecule has 122 valence electrons. The molecule has 1 heterocycles. The van der Waals surface area contributed by atoms with Crippen LogP contribution in [0.3, 0.4) is 0 Å². The zero-order valence-electron chi connectivity index (χ0n) is 12.8. The summed E-state index contributed by atoms with van der Waals surface area (Å²) in [5, 5.41) is 5.22. The highest BCUT2D eigenvalue weighted by Crippen LogP contribution is 2.15. The summed E-state index contributed by atoms with van der Waals surface area (Å²) in [7, 11) is 1.26. The van der Waals surface area contributed by atoms with Crippen molar-refractivity contribution >= 4 is 23.5 Å². The number of methoxy groups -OCH3 is 1. The molecule has 0 radical (unpaired) electrons. The molecule has 2 N–H and O–H groups in total. The first-order chi connectivity index (χ1) is 11.1. The van der Waals surface area contributed by atoms with Gasteiger partial charge in [0.15, 0.2) is 0 Å². The second-order valence-electron chi connectivity index (χ2n) is 4.94. The van der Waals surface area contributed by atoms with Crippen LogP contribution in [-0.2, 0) is 30.3 Å². The van der Waals surface area contributed by atoms with Crippen molar-refractivity contribution in [2.24, 2.45) is 0 Å². The fourth-order valence-electron chi connectivity index (χ4n) is 1.96. The topological polar surface area (TPSA) is 93.7 Å². The van der Waals surface area contributed by atoms with E-state index in [1.54, 1.807) is 24.3 Å². The molecule has 2 amide bonds. The largest absolute Gasteiger partial charge is 0.500 e. The highest BCUT2D eigenvalue weighted by atomic mass is 16.5. The zero-order valence-corrected chi connectivity index (χ0v) is 12.8. The molecule has 7 heteroatoms. The molecule has 0 saturated carbocycles. The number of rotatable bonds is 6. The van der Waals surface area contributed by atoms with Gasteiger partial charge in [0, 0.05) is 12.1 Å². The standard InChI is InChI=1S/C16H18N2O5/c1-22-15(20)9-17-14(19)8-11-2-4-13(5-3-11)18-16(21)12-6-7-23-10-12/h2-5,10H,6-9H2,1H3,(H,17,19)(H,18,21). The molecule has 2 rings (SSSR count). The molecule has 7 nitrogen and oxygen atoms in total. The lowest BCUT2D eigenvalue weighted by molar-refractivity contribution is -0.141. The number of esters is 1. The zero-order chi connectivity index (χ0) is 16.7. The van der Waals surface area contributed by atoms with E-state index in [0.29, 0.717) is 24.3 Å². The Morgan fingerprint density at radius 3 is 2.57 bits per heavy atom. The minimum Gasteiger partial charge on any atom is -0.500 e. The van der Waals surface area contributed by atoms with E-state index in [0.717, 1.165) is 5.56 Å². The predicted octanol–water partition coefficient (Wildman–Crippen LogP) is 0.761. The van der Waals surface area contributed by atoms with Crippen LogP contribution in [0.25, 0.3) is 0 Å². The van der Waals surface area contributed by atoms with Crippen molar-refractivity contribution < 1.29 is 23.9 Å². The van der Waals surface area contributed by atoms with E-state index in [9.17, 15) is 14.4 Å². The van der Waals surface area contributed by atoms with Gasteiger partial charge in [-0.1, -0.05) is 12.1 Å². The Bertz CT molecular complexity index is 622. The fraction of sp³-hybridized carbons (Fsp3) is 0.312. The quantitative estimate of drug-likeness (QED) is 0.755. The van der Waals surface area contributed by atoms with Crippen LogP contribution in [-0.4, -0.2) is 38.0 Å². The van der Waals surface area contributed by atoms with Crippen molar-refractivity contribution in [3.8, 4) is 0 Å². The van der Waals surface area contributed by atoms with Crippen LogP contribution in [0.15, 0.2) is 36.1 Å². The number of anilines is 1. The highest BCUT2D eigenvalue weighted by molar-refractivity contribution is 6.03. The molecule has 0 bridgehead atoms. The molecule has 0 atom stereocenters. The van der Waals surface area contributed by atoms with Crippen LogP contribution < -0.4 is 10.6 Å². The van der Waals surface area contributed by atoms with Crippen LogP contribution in [0, 0.1) is 0 Å². The van der Waals surface area contributed by atoms with Gasteiger partial charge in [0.25, 0.3) is 5.91 Å². The number of amides is 2. The van der Waals surface area contributed by atoms with E-state index >= 15 is 0 Å². The van der Waals surface area contributed by atoms with Gasteiger partial charge in [0.2, 0.25) is 5.91 Å². The third-order valence-corrected chi connectivity index (χ3v) is 3.24. The summed E-state index contributed by atoms with van der Waals surface area (Å²) in [6.07, 6.45) is 2.21. The summed E-state index contributed by atoms with van der Waals surface area (Å²) in [4.78, 5) is 34.5. The Balaban J connectivity index is 1.83. The monoisotopic (exact) mass is 318 g/mol. The molecule has 0 unspecified atom stereocenters. The highest BCUT2D eigenvalue weighted by Gasteiger charge is 2.14. The van der Waals surface area contributed by atoms with Crippen molar-refractivity contribution in [2.75, 3.05) is 25.6 Å². The predicted molar refractivity (Wildman–Crippen MR) is 82.5 cm³/mol. The van der Waals surface area contributed by atoms with E-state index in [1.807, 2.05) is 0 Å². The molecular formula is C16H18N2O5. The van der Waals surface area contributed by atoms with E-state index in [2.05, 4.69) is 15.4 Å². The first-order valence-corrected chi connectivity index (χ1v) is 7.13. The lowest BCUT2D eigenvalue weighted by Gasteiger charge is -2.07. The van der Waals surface area contributed by atoms with Gasteiger partial charge >= 0.3 is 5.97 Å². The average molecular weight is 318 g/mol. The van der Waals surface area contributed by atoms with Gasteiger partial charge in [0.05, 0.1) is 32.0 Å². The molecular weight excluding hydrogens is 300 g/mol. The van der Waals surface area contributed by atoms with Gasteiger partial charge in [-0.2, -0.15) is 0 Å². The van der Waals surface area contributed by atoms with E-state index in [4.69, 9.17) is 4.74 Å². The van der Waals surface area contributed by atoms with Crippen LogP contribution in [0.2, 0.25) is 0 Å². The number of hydrogen-bond acceptors (Lipinski definition) is 5. The van der Waals surface area contributed by atoms with Crippen molar-refractivity contribution in [2.45, 2.75) is 12.8 Å². The van der Waals surface area contributed by atoms with Gasteiger partial charge in [-0.25, -0.2) is 0 Å². The van der Waals surface area contributed by atoms with Gasteiger partial charge in [0.1, 0.15) is 6.54 Å². The molecule has 1 aliphatic heterocycles. The van der Waals surface area contributed by atoms with Gasteiger partial charge in [-0.15, -0.1) is 0 Å². The third kappa shape index (κ3) is 5.14. The summed E-state index contributed by atoms with van der Waals surface area (Å²) < 4.78 is 9.46. The molecule has 1 aliphatic rings. The normalized spacial score (nSPS) is 12.8. The smallest absolute Gasteiger partial charge is 0.325 e. The molecule has 0 spiro atoms. The maximum Gasteiger partial charge on any atom is 0.325 e. The molecule has 1 aromatic rings. The van der Waals surface area contributed by atoms with Crippen molar-refractivity contribution in [1.29, 1.82) is 0 Å². The van der Waals surface area contributed by atoms with Gasteiger partial charge in [-0.05, 0) is 17.7 Å². The van der Waals surface area contributed by atoms with E-state index in [1.165, 1.54) is 13.4 Å². The number of ether oxygens (including phenoxy) is 2. The summed E-state index contributed by atoms with van der Waals surface area (Å²) in [5.74, 6) is -0.965. The molecule has 23 heavy (non-hydrogen) atoms. The second-order valence-corrected chi connectivity index (χ2v) is 4.94. The SMILES string of the molecule is COC(=O)CNC(=O)Cc1ccc(NC(=O)C2=COCC2)cc1. The molecule has 0 saturated heterocycles. The Morgan fingerprint density at radius 1 is 1.22 bits per heavy atom. The number of nitrogens with one attached hydrogen (secondary N) is 2. The fourth-order valence-corrected chi connectivity index (χ4v) is 1.96.